The zero-order valence-corrected chi connectivity index (χ0v) is 16.7. The van der Waals surface area contributed by atoms with Crippen LogP contribution >= 0.6 is 11.6 Å². The monoisotopic (exact) mass is 400 g/mol. The Kier molecular flexibility index (Phi) is 6.93. The maximum absolute atomic E-state index is 12.8. The lowest BCUT2D eigenvalue weighted by atomic mass is 10.1. The quantitative estimate of drug-likeness (QED) is 0.786. The molecule has 6 heteroatoms. The van der Waals surface area contributed by atoms with Crippen molar-refractivity contribution < 1.29 is 14.3 Å². The van der Waals surface area contributed by atoms with E-state index in [-0.39, 0.29) is 11.8 Å². The molecule has 3 rings (SSSR count). The Bertz CT molecular complexity index is 832. The molecule has 0 bridgehead atoms. The highest BCUT2D eigenvalue weighted by atomic mass is 35.5. The van der Waals surface area contributed by atoms with Gasteiger partial charge in [-0.1, -0.05) is 42.6 Å². The van der Waals surface area contributed by atoms with Crippen molar-refractivity contribution in [3.63, 3.8) is 0 Å². The van der Waals surface area contributed by atoms with Crippen LogP contribution in [0.25, 0.3) is 0 Å². The molecular weight excluding hydrogens is 376 g/mol. The number of rotatable bonds is 5. The van der Waals surface area contributed by atoms with E-state index in [9.17, 15) is 9.59 Å². The number of carbonyl (C=O) groups excluding carboxylic acids is 2. The summed E-state index contributed by atoms with van der Waals surface area (Å²) >= 11 is 6.08. The van der Waals surface area contributed by atoms with Gasteiger partial charge in [0.1, 0.15) is 5.75 Å². The number of ether oxygens (including phenoxy) is 1. The Labute approximate surface area is 170 Å². The molecule has 148 valence electrons. The van der Waals surface area contributed by atoms with Crippen molar-refractivity contribution in [2.45, 2.75) is 38.7 Å². The molecule has 0 spiro atoms. The van der Waals surface area contributed by atoms with E-state index in [2.05, 4.69) is 5.32 Å². The minimum atomic E-state index is -0.732. The van der Waals surface area contributed by atoms with Gasteiger partial charge in [-0.25, -0.2) is 0 Å². The molecule has 1 aliphatic rings. The lowest BCUT2D eigenvalue weighted by Crippen LogP contribution is -2.32. The van der Waals surface area contributed by atoms with E-state index in [1.807, 2.05) is 4.90 Å². The number of para-hydroxylation sites is 1. The zero-order valence-electron chi connectivity index (χ0n) is 16.0. The van der Waals surface area contributed by atoms with Crippen LogP contribution in [0.4, 0.5) is 5.69 Å². The SMILES string of the molecule is CC(Oc1ccccc1Cl)C(=O)Nc1cccc(C(=O)N2CCCCCC2)c1. The molecule has 2 amide bonds. The second-order valence-corrected chi connectivity index (χ2v) is 7.37. The van der Waals surface area contributed by atoms with Crippen molar-refractivity contribution in [1.82, 2.24) is 4.90 Å². The summed E-state index contributed by atoms with van der Waals surface area (Å²) in [7, 11) is 0. The molecule has 1 atom stereocenters. The maximum atomic E-state index is 12.8. The maximum Gasteiger partial charge on any atom is 0.265 e. The average molecular weight is 401 g/mol. The summed E-state index contributed by atoms with van der Waals surface area (Å²) in [5.41, 5.74) is 1.15. The van der Waals surface area contributed by atoms with E-state index < -0.39 is 6.10 Å². The van der Waals surface area contributed by atoms with Crippen molar-refractivity contribution in [1.29, 1.82) is 0 Å². The number of carbonyl (C=O) groups is 2. The highest BCUT2D eigenvalue weighted by Gasteiger charge is 2.19. The number of likely N-dealkylation sites (tertiary alicyclic amines) is 1. The first kappa shape index (κ1) is 20.2. The van der Waals surface area contributed by atoms with E-state index in [1.165, 1.54) is 12.8 Å². The van der Waals surface area contributed by atoms with Crippen molar-refractivity contribution in [2.75, 3.05) is 18.4 Å². The number of nitrogens with zero attached hydrogens (tertiary/aromatic N) is 1. The first-order valence-corrected chi connectivity index (χ1v) is 10.0. The molecule has 1 unspecified atom stereocenters. The second-order valence-electron chi connectivity index (χ2n) is 6.97. The number of amides is 2. The number of hydrogen-bond donors (Lipinski definition) is 1. The molecule has 1 saturated heterocycles. The van der Waals surface area contributed by atoms with Crippen LogP contribution < -0.4 is 10.1 Å². The minimum Gasteiger partial charge on any atom is -0.479 e. The Morgan fingerprint density at radius 1 is 1.04 bits per heavy atom. The third kappa shape index (κ3) is 5.26. The van der Waals surface area contributed by atoms with E-state index in [0.29, 0.717) is 22.0 Å². The first-order valence-electron chi connectivity index (χ1n) is 9.66. The first-order chi connectivity index (χ1) is 13.5. The summed E-state index contributed by atoms with van der Waals surface area (Å²) < 4.78 is 5.65. The Hall–Kier alpha value is -2.53. The molecule has 0 aliphatic carbocycles. The molecule has 1 N–H and O–H groups in total. The van der Waals surface area contributed by atoms with Crippen LogP contribution in [0.1, 0.15) is 43.0 Å². The van der Waals surface area contributed by atoms with E-state index >= 15 is 0 Å². The van der Waals surface area contributed by atoms with Crippen molar-refractivity contribution in [3.05, 3.63) is 59.1 Å². The van der Waals surface area contributed by atoms with Crippen LogP contribution in [0.3, 0.4) is 0 Å². The van der Waals surface area contributed by atoms with Gasteiger partial charge in [0.2, 0.25) is 0 Å². The molecule has 1 fully saturated rings. The van der Waals surface area contributed by atoms with Gasteiger partial charge in [0.05, 0.1) is 5.02 Å². The van der Waals surface area contributed by atoms with Crippen LogP contribution in [0.2, 0.25) is 5.02 Å². The Morgan fingerprint density at radius 2 is 1.75 bits per heavy atom. The van der Waals surface area contributed by atoms with Gasteiger partial charge in [-0.05, 0) is 50.1 Å². The smallest absolute Gasteiger partial charge is 0.265 e. The van der Waals surface area contributed by atoms with Gasteiger partial charge < -0.3 is 15.0 Å². The van der Waals surface area contributed by atoms with Gasteiger partial charge in [0.25, 0.3) is 11.8 Å². The number of anilines is 1. The molecule has 2 aromatic carbocycles. The summed E-state index contributed by atoms with van der Waals surface area (Å²) in [6, 6.07) is 14.1. The molecule has 1 aliphatic heterocycles. The van der Waals surface area contributed by atoms with Gasteiger partial charge >= 0.3 is 0 Å². The molecular formula is C22H25ClN2O3. The van der Waals surface area contributed by atoms with E-state index in [0.717, 1.165) is 25.9 Å². The predicted molar refractivity (Wildman–Crippen MR) is 111 cm³/mol. The lowest BCUT2D eigenvalue weighted by molar-refractivity contribution is -0.122. The van der Waals surface area contributed by atoms with Crippen LogP contribution in [-0.2, 0) is 4.79 Å². The number of nitrogens with one attached hydrogen (secondary N) is 1. The van der Waals surface area contributed by atoms with Gasteiger partial charge in [0.15, 0.2) is 6.10 Å². The van der Waals surface area contributed by atoms with Crippen LogP contribution in [0, 0.1) is 0 Å². The summed E-state index contributed by atoms with van der Waals surface area (Å²) in [5.74, 6) is 0.162. The third-order valence-electron chi connectivity index (χ3n) is 4.78. The van der Waals surface area contributed by atoms with Crippen LogP contribution in [0.15, 0.2) is 48.5 Å². The molecule has 5 nitrogen and oxygen atoms in total. The fourth-order valence-electron chi connectivity index (χ4n) is 3.21. The Balaban J connectivity index is 1.64. The van der Waals surface area contributed by atoms with E-state index in [1.54, 1.807) is 55.5 Å². The van der Waals surface area contributed by atoms with Gasteiger partial charge in [-0.2, -0.15) is 0 Å². The number of halogens is 1. The fourth-order valence-corrected chi connectivity index (χ4v) is 3.39. The highest BCUT2D eigenvalue weighted by Crippen LogP contribution is 2.24. The van der Waals surface area contributed by atoms with Crippen molar-refractivity contribution in [3.8, 4) is 5.75 Å². The topological polar surface area (TPSA) is 58.6 Å². The predicted octanol–water partition coefficient (Wildman–Crippen LogP) is 4.76. The molecule has 1 heterocycles. The minimum absolute atomic E-state index is 0.0124. The zero-order chi connectivity index (χ0) is 19.9. The summed E-state index contributed by atoms with van der Waals surface area (Å²) in [4.78, 5) is 27.2. The van der Waals surface area contributed by atoms with Crippen LogP contribution in [-0.4, -0.2) is 35.9 Å². The lowest BCUT2D eigenvalue weighted by Gasteiger charge is -2.21. The summed E-state index contributed by atoms with van der Waals surface area (Å²) in [6.45, 7) is 3.24. The summed E-state index contributed by atoms with van der Waals surface area (Å²) in [5, 5.41) is 3.27. The van der Waals surface area contributed by atoms with Gasteiger partial charge in [-0.3, -0.25) is 9.59 Å². The molecule has 0 saturated carbocycles. The summed E-state index contributed by atoms with van der Waals surface area (Å²) in [6.07, 6.45) is 3.69. The van der Waals surface area contributed by atoms with Crippen LogP contribution in [0.5, 0.6) is 5.75 Å². The normalized spacial score (nSPS) is 15.4. The number of benzene rings is 2. The molecule has 0 aromatic heterocycles. The second kappa shape index (κ2) is 9.60. The standard InChI is InChI=1S/C22H25ClN2O3/c1-16(28-20-12-5-4-11-19(20)23)21(26)24-18-10-8-9-17(15-18)22(27)25-13-6-2-3-7-14-25/h4-5,8-12,15-16H,2-3,6-7,13-14H2,1H3,(H,24,26). The molecule has 28 heavy (non-hydrogen) atoms. The van der Waals surface area contributed by atoms with Crippen molar-refractivity contribution in [2.24, 2.45) is 0 Å². The molecule has 0 radical (unpaired) electrons. The van der Waals surface area contributed by atoms with Crippen molar-refractivity contribution >= 4 is 29.1 Å². The fraction of sp³-hybridized carbons (Fsp3) is 0.364. The molecule has 2 aromatic rings. The Morgan fingerprint density at radius 3 is 2.46 bits per heavy atom. The average Bonchev–Trinajstić information content (AvgIpc) is 2.99. The van der Waals surface area contributed by atoms with E-state index in [4.69, 9.17) is 16.3 Å². The van der Waals surface area contributed by atoms with Gasteiger partial charge in [0, 0.05) is 24.3 Å². The third-order valence-corrected chi connectivity index (χ3v) is 5.09. The van der Waals surface area contributed by atoms with Gasteiger partial charge in [-0.15, -0.1) is 0 Å². The number of hydrogen-bond acceptors (Lipinski definition) is 3. The highest BCUT2D eigenvalue weighted by molar-refractivity contribution is 6.32. The largest absolute Gasteiger partial charge is 0.479 e.